The van der Waals surface area contributed by atoms with Crippen molar-refractivity contribution in [2.45, 2.75) is 6.54 Å². The molecule has 3 N–H and O–H groups in total. The lowest BCUT2D eigenvalue weighted by atomic mass is 10.2. The number of carbonyl (C=O) groups is 2. The summed E-state index contributed by atoms with van der Waals surface area (Å²) in [7, 11) is 0. The third-order valence-electron chi connectivity index (χ3n) is 2.15. The van der Waals surface area contributed by atoms with Crippen LogP contribution in [-0.4, -0.2) is 26.8 Å². The van der Waals surface area contributed by atoms with E-state index in [1.807, 2.05) is 0 Å². The SMILES string of the molecule is NNc1ccc(CN2C(=O)CSC2=O)cn1. The van der Waals surface area contributed by atoms with Gasteiger partial charge in [-0.2, -0.15) is 0 Å². The van der Waals surface area contributed by atoms with Gasteiger partial charge in [-0.05, 0) is 11.6 Å². The summed E-state index contributed by atoms with van der Waals surface area (Å²) in [6, 6.07) is 3.46. The molecule has 2 rings (SSSR count). The number of thioether (sulfide) groups is 1. The van der Waals surface area contributed by atoms with Crippen molar-refractivity contribution in [2.75, 3.05) is 11.2 Å². The van der Waals surface area contributed by atoms with Crippen molar-refractivity contribution in [3.63, 3.8) is 0 Å². The van der Waals surface area contributed by atoms with E-state index in [1.165, 1.54) is 4.90 Å². The third-order valence-corrected chi connectivity index (χ3v) is 3.01. The van der Waals surface area contributed by atoms with Crippen molar-refractivity contribution in [1.82, 2.24) is 9.88 Å². The van der Waals surface area contributed by atoms with E-state index >= 15 is 0 Å². The van der Waals surface area contributed by atoms with Gasteiger partial charge in [0.15, 0.2) is 0 Å². The zero-order valence-corrected chi connectivity index (χ0v) is 9.16. The Morgan fingerprint density at radius 3 is 2.81 bits per heavy atom. The molecule has 1 aliphatic heterocycles. The molecule has 1 fully saturated rings. The lowest BCUT2D eigenvalue weighted by molar-refractivity contribution is -0.125. The highest BCUT2D eigenvalue weighted by atomic mass is 32.2. The van der Waals surface area contributed by atoms with Gasteiger partial charge < -0.3 is 5.43 Å². The summed E-state index contributed by atoms with van der Waals surface area (Å²) in [4.78, 5) is 27.9. The molecule has 2 heterocycles. The van der Waals surface area contributed by atoms with E-state index in [0.717, 1.165) is 17.3 Å². The molecule has 6 nitrogen and oxygen atoms in total. The molecule has 0 spiro atoms. The molecular weight excluding hydrogens is 228 g/mol. The van der Waals surface area contributed by atoms with E-state index in [4.69, 9.17) is 5.84 Å². The molecule has 7 heteroatoms. The second-order valence-electron chi connectivity index (χ2n) is 3.23. The minimum atomic E-state index is -0.203. The standard InChI is InChI=1S/C9H10N4O2S/c10-12-7-2-1-6(3-11-7)4-13-8(14)5-16-9(13)15/h1-3H,4-5,10H2,(H,11,12). The second kappa shape index (κ2) is 4.50. The van der Waals surface area contributed by atoms with Gasteiger partial charge in [0.2, 0.25) is 5.91 Å². The molecule has 0 saturated carbocycles. The quantitative estimate of drug-likeness (QED) is 0.591. The van der Waals surface area contributed by atoms with Gasteiger partial charge in [0.05, 0.1) is 12.3 Å². The maximum absolute atomic E-state index is 11.3. The van der Waals surface area contributed by atoms with E-state index in [2.05, 4.69) is 10.4 Å². The Morgan fingerprint density at radius 1 is 1.50 bits per heavy atom. The number of anilines is 1. The number of nitrogens with two attached hydrogens (primary N) is 1. The molecule has 0 radical (unpaired) electrons. The van der Waals surface area contributed by atoms with Crippen LogP contribution in [0.1, 0.15) is 5.56 Å². The second-order valence-corrected chi connectivity index (χ2v) is 4.16. The lowest BCUT2D eigenvalue weighted by Crippen LogP contribution is -2.27. The summed E-state index contributed by atoms with van der Waals surface area (Å²) in [5, 5.41) is -0.203. The smallest absolute Gasteiger partial charge is 0.289 e. The number of aromatic nitrogens is 1. The van der Waals surface area contributed by atoms with Gasteiger partial charge in [0, 0.05) is 6.20 Å². The molecule has 0 aromatic carbocycles. The van der Waals surface area contributed by atoms with Crippen molar-refractivity contribution in [1.29, 1.82) is 0 Å². The molecule has 0 unspecified atom stereocenters. The molecule has 16 heavy (non-hydrogen) atoms. The summed E-state index contributed by atoms with van der Waals surface area (Å²) >= 11 is 1.03. The van der Waals surface area contributed by atoms with Crippen molar-refractivity contribution < 1.29 is 9.59 Å². The van der Waals surface area contributed by atoms with Crippen LogP contribution in [0.2, 0.25) is 0 Å². The minimum Gasteiger partial charge on any atom is -0.308 e. The van der Waals surface area contributed by atoms with Gasteiger partial charge in [-0.15, -0.1) is 0 Å². The van der Waals surface area contributed by atoms with E-state index in [0.29, 0.717) is 5.82 Å². The van der Waals surface area contributed by atoms with Gasteiger partial charge in [-0.25, -0.2) is 10.8 Å². The molecule has 1 saturated heterocycles. The van der Waals surface area contributed by atoms with Gasteiger partial charge in [-0.1, -0.05) is 17.8 Å². The Balaban J connectivity index is 2.08. The van der Waals surface area contributed by atoms with Crippen LogP contribution in [0, 0.1) is 0 Å². The van der Waals surface area contributed by atoms with Crippen LogP contribution in [0.15, 0.2) is 18.3 Å². The fourth-order valence-corrected chi connectivity index (χ4v) is 2.04. The van der Waals surface area contributed by atoms with Crippen LogP contribution in [-0.2, 0) is 11.3 Å². The van der Waals surface area contributed by atoms with Crippen LogP contribution in [0.4, 0.5) is 10.6 Å². The van der Waals surface area contributed by atoms with E-state index in [1.54, 1.807) is 18.3 Å². The van der Waals surface area contributed by atoms with E-state index < -0.39 is 0 Å². The van der Waals surface area contributed by atoms with E-state index in [9.17, 15) is 9.59 Å². The molecule has 1 aromatic rings. The van der Waals surface area contributed by atoms with Gasteiger partial charge in [0.1, 0.15) is 5.82 Å². The van der Waals surface area contributed by atoms with Gasteiger partial charge in [-0.3, -0.25) is 14.5 Å². The minimum absolute atomic E-state index is 0.156. The Kier molecular flexibility index (Phi) is 3.07. The molecule has 1 aromatic heterocycles. The number of amides is 2. The number of hydrazine groups is 1. The van der Waals surface area contributed by atoms with Crippen molar-refractivity contribution >= 4 is 28.7 Å². The lowest BCUT2D eigenvalue weighted by Gasteiger charge is -2.12. The summed E-state index contributed by atoms with van der Waals surface area (Å²) in [5.41, 5.74) is 3.20. The van der Waals surface area contributed by atoms with Crippen LogP contribution < -0.4 is 11.3 Å². The fraction of sp³-hybridized carbons (Fsp3) is 0.222. The molecule has 0 bridgehead atoms. The van der Waals surface area contributed by atoms with E-state index in [-0.39, 0.29) is 23.4 Å². The van der Waals surface area contributed by atoms with Crippen LogP contribution in [0.5, 0.6) is 0 Å². The largest absolute Gasteiger partial charge is 0.308 e. The number of imide groups is 1. The average Bonchev–Trinajstić information content (AvgIpc) is 2.62. The molecule has 0 aliphatic carbocycles. The number of hydrogen-bond donors (Lipinski definition) is 2. The Bertz CT molecular complexity index is 404. The highest BCUT2D eigenvalue weighted by Crippen LogP contribution is 2.21. The van der Waals surface area contributed by atoms with Crippen molar-refractivity contribution in [2.24, 2.45) is 5.84 Å². The number of carbonyl (C=O) groups excluding carboxylic acids is 2. The van der Waals surface area contributed by atoms with Crippen LogP contribution >= 0.6 is 11.8 Å². The fourth-order valence-electron chi connectivity index (χ4n) is 1.32. The Morgan fingerprint density at radius 2 is 2.31 bits per heavy atom. The average molecular weight is 238 g/mol. The first-order chi connectivity index (χ1) is 7.70. The summed E-state index contributed by atoms with van der Waals surface area (Å²) in [5.74, 6) is 5.79. The molecular formula is C9H10N4O2S. The summed E-state index contributed by atoms with van der Waals surface area (Å²) < 4.78 is 0. The summed E-state index contributed by atoms with van der Waals surface area (Å²) in [6.07, 6.45) is 1.58. The maximum atomic E-state index is 11.3. The normalized spacial score (nSPS) is 15.7. The zero-order valence-electron chi connectivity index (χ0n) is 8.34. The predicted molar refractivity (Wildman–Crippen MR) is 60.5 cm³/mol. The van der Waals surface area contributed by atoms with Gasteiger partial charge in [0.25, 0.3) is 5.24 Å². The van der Waals surface area contributed by atoms with Gasteiger partial charge >= 0.3 is 0 Å². The molecule has 0 atom stereocenters. The number of pyridine rings is 1. The van der Waals surface area contributed by atoms with Crippen LogP contribution in [0.25, 0.3) is 0 Å². The van der Waals surface area contributed by atoms with Crippen LogP contribution in [0.3, 0.4) is 0 Å². The van der Waals surface area contributed by atoms with Crippen molar-refractivity contribution in [3.05, 3.63) is 23.9 Å². The number of nitrogens with zero attached hydrogens (tertiary/aromatic N) is 2. The highest BCUT2D eigenvalue weighted by Gasteiger charge is 2.29. The number of nitrogen functional groups attached to an aromatic ring is 1. The zero-order chi connectivity index (χ0) is 11.5. The first-order valence-corrected chi connectivity index (χ1v) is 5.58. The monoisotopic (exact) mass is 238 g/mol. The predicted octanol–water partition coefficient (Wildman–Crippen LogP) is 0.563. The topological polar surface area (TPSA) is 88.3 Å². The van der Waals surface area contributed by atoms with Crippen molar-refractivity contribution in [3.8, 4) is 0 Å². The number of hydrogen-bond acceptors (Lipinski definition) is 6. The first kappa shape index (κ1) is 10.9. The molecule has 2 amide bonds. The summed E-state index contributed by atoms with van der Waals surface area (Å²) in [6.45, 7) is 0.266. The third kappa shape index (κ3) is 2.15. The number of rotatable bonds is 3. The Hall–Kier alpha value is -1.60. The molecule has 1 aliphatic rings. The maximum Gasteiger partial charge on any atom is 0.289 e. The Labute approximate surface area is 96.2 Å². The highest BCUT2D eigenvalue weighted by molar-refractivity contribution is 8.14. The number of nitrogens with one attached hydrogen (secondary N) is 1. The first-order valence-electron chi connectivity index (χ1n) is 4.59. The molecule has 84 valence electrons.